The van der Waals surface area contributed by atoms with E-state index in [1.807, 2.05) is 0 Å². The smallest absolute Gasteiger partial charge is 0.220 e. The molecule has 0 bridgehead atoms. The van der Waals surface area contributed by atoms with Crippen LogP contribution in [-0.4, -0.2) is 11.9 Å². The van der Waals surface area contributed by atoms with E-state index in [0.29, 0.717) is 12.0 Å². The molecule has 3 heteroatoms. The summed E-state index contributed by atoms with van der Waals surface area (Å²) in [6.07, 6.45) is 5.11. The van der Waals surface area contributed by atoms with Crippen molar-refractivity contribution >= 4 is 5.91 Å². The van der Waals surface area contributed by atoms with Gasteiger partial charge in [0, 0.05) is 18.5 Å². The molecule has 21 heavy (non-hydrogen) atoms. The number of hydrogen-bond donors (Lipinski definition) is 2. The molecule has 1 saturated carbocycles. The van der Waals surface area contributed by atoms with Gasteiger partial charge in [0.15, 0.2) is 0 Å². The zero-order chi connectivity index (χ0) is 15.2. The average molecular weight is 288 g/mol. The van der Waals surface area contributed by atoms with Gasteiger partial charge in [-0.2, -0.15) is 0 Å². The normalized spacial score (nSPS) is 22.4. The molecule has 0 heterocycles. The van der Waals surface area contributed by atoms with Crippen LogP contribution in [0.4, 0.5) is 0 Å². The highest BCUT2D eigenvalue weighted by atomic mass is 16.1. The van der Waals surface area contributed by atoms with Gasteiger partial charge in [0.25, 0.3) is 0 Å². The minimum absolute atomic E-state index is 0.0957. The predicted octanol–water partition coefficient (Wildman–Crippen LogP) is 3.02. The number of carbonyl (C=O) groups is 1. The summed E-state index contributed by atoms with van der Waals surface area (Å²) in [4.78, 5) is 11.2. The highest BCUT2D eigenvalue weighted by molar-refractivity contribution is 5.76. The second-order valence-corrected chi connectivity index (χ2v) is 6.75. The molecule has 2 rings (SSSR count). The third-order valence-corrected chi connectivity index (χ3v) is 4.39. The number of nitrogens with one attached hydrogen (secondary N) is 1. The van der Waals surface area contributed by atoms with Crippen LogP contribution in [-0.2, 0) is 17.8 Å². The van der Waals surface area contributed by atoms with E-state index in [1.165, 1.54) is 11.1 Å². The number of primary amides is 1. The fourth-order valence-corrected chi connectivity index (χ4v) is 3.11. The van der Waals surface area contributed by atoms with Crippen LogP contribution in [0.3, 0.4) is 0 Å². The van der Waals surface area contributed by atoms with Crippen LogP contribution in [0.1, 0.15) is 50.7 Å². The Hall–Kier alpha value is -1.35. The van der Waals surface area contributed by atoms with Crippen LogP contribution >= 0.6 is 0 Å². The lowest BCUT2D eigenvalue weighted by Gasteiger charge is -2.27. The van der Waals surface area contributed by atoms with Crippen molar-refractivity contribution < 1.29 is 4.79 Å². The predicted molar refractivity (Wildman–Crippen MR) is 86.8 cm³/mol. The van der Waals surface area contributed by atoms with Crippen molar-refractivity contribution in [3.05, 3.63) is 35.4 Å². The topological polar surface area (TPSA) is 55.1 Å². The van der Waals surface area contributed by atoms with E-state index in [2.05, 4.69) is 43.4 Å². The third-order valence-electron chi connectivity index (χ3n) is 4.39. The monoisotopic (exact) mass is 288 g/mol. The Labute approximate surface area is 128 Å². The number of carbonyl (C=O) groups excluding carboxylic acids is 1. The second kappa shape index (κ2) is 7.60. The molecule has 1 aromatic carbocycles. The van der Waals surface area contributed by atoms with Crippen molar-refractivity contribution in [2.75, 3.05) is 0 Å². The summed E-state index contributed by atoms with van der Waals surface area (Å²) in [6, 6.07) is 9.44. The standard InChI is InChI=1S/C18H28N2O/c1-13(2)11-14-3-5-15(6-4-14)12-20-17-9-7-16(8-10-17)18(19)21/h3-6,13,16-17,20H,7-12H2,1-2H3,(H2,19,21). The van der Waals surface area contributed by atoms with Crippen molar-refractivity contribution in [3.8, 4) is 0 Å². The molecule has 0 saturated heterocycles. The molecule has 0 radical (unpaired) electrons. The lowest BCUT2D eigenvalue weighted by atomic mass is 9.85. The van der Waals surface area contributed by atoms with Gasteiger partial charge < -0.3 is 11.1 Å². The van der Waals surface area contributed by atoms with Crippen LogP contribution in [0.5, 0.6) is 0 Å². The molecule has 1 amide bonds. The fraction of sp³-hybridized carbons (Fsp3) is 0.611. The van der Waals surface area contributed by atoms with Crippen LogP contribution < -0.4 is 11.1 Å². The van der Waals surface area contributed by atoms with E-state index < -0.39 is 0 Å². The van der Waals surface area contributed by atoms with Crippen LogP contribution in [0.2, 0.25) is 0 Å². The number of amides is 1. The van der Waals surface area contributed by atoms with Crippen LogP contribution in [0.15, 0.2) is 24.3 Å². The first-order valence-electron chi connectivity index (χ1n) is 8.15. The molecule has 1 aliphatic carbocycles. The number of rotatable bonds is 6. The van der Waals surface area contributed by atoms with Gasteiger partial charge in [-0.1, -0.05) is 38.1 Å². The molecule has 0 atom stereocenters. The van der Waals surface area contributed by atoms with Gasteiger partial charge in [-0.15, -0.1) is 0 Å². The van der Waals surface area contributed by atoms with E-state index in [1.54, 1.807) is 0 Å². The molecule has 3 nitrogen and oxygen atoms in total. The van der Waals surface area contributed by atoms with Crippen molar-refractivity contribution in [2.24, 2.45) is 17.6 Å². The highest BCUT2D eigenvalue weighted by Gasteiger charge is 2.24. The van der Waals surface area contributed by atoms with E-state index in [0.717, 1.165) is 38.6 Å². The Morgan fingerprint density at radius 1 is 1.14 bits per heavy atom. The zero-order valence-corrected chi connectivity index (χ0v) is 13.3. The number of hydrogen-bond acceptors (Lipinski definition) is 2. The molecule has 0 unspecified atom stereocenters. The first-order chi connectivity index (χ1) is 10.0. The first kappa shape index (κ1) is 16.0. The molecule has 0 aromatic heterocycles. The van der Waals surface area contributed by atoms with Gasteiger partial charge in [-0.3, -0.25) is 4.79 Å². The second-order valence-electron chi connectivity index (χ2n) is 6.75. The molecule has 1 fully saturated rings. The number of nitrogens with two attached hydrogens (primary N) is 1. The Bertz CT molecular complexity index is 445. The summed E-state index contributed by atoms with van der Waals surface area (Å²) in [6.45, 7) is 5.41. The van der Waals surface area contributed by atoms with Crippen molar-refractivity contribution in [1.82, 2.24) is 5.32 Å². The maximum Gasteiger partial charge on any atom is 0.220 e. The molecule has 0 aliphatic heterocycles. The van der Waals surface area contributed by atoms with E-state index >= 15 is 0 Å². The van der Waals surface area contributed by atoms with E-state index in [9.17, 15) is 4.79 Å². The summed E-state index contributed by atoms with van der Waals surface area (Å²) in [7, 11) is 0. The lowest BCUT2D eigenvalue weighted by Crippen LogP contribution is -2.36. The first-order valence-corrected chi connectivity index (χ1v) is 8.15. The molecule has 1 aromatic rings. The SMILES string of the molecule is CC(C)Cc1ccc(CNC2CCC(C(N)=O)CC2)cc1. The van der Waals surface area contributed by atoms with Gasteiger partial charge in [0.2, 0.25) is 5.91 Å². The molecule has 3 N–H and O–H groups in total. The van der Waals surface area contributed by atoms with Gasteiger partial charge in [-0.25, -0.2) is 0 Å². The largest absolute Gasteiger partial charge is 0.369 e. The highest BCUT2D eigenvalue weighted by Crippen LogP contribution is 2.24. The Balaban J connectivity index is 1.75. The van der Waals surface area contributed by atoms with Gasteiger partial charge in [0.05, 0.1) is 0 Å². The molecule has 1 aliphatic rings. The third kappa shape index (κ3) is 5.16. The Kier molecular flexibility index (Phi) is 5.80. The van der Waals surface area contributed by atoms with Gasteiger partial charge in [0.1, 0.15) is 0 Å². The lowest BCUT2D eigenvalue weighted by molar-refractivity contribution is -0.122. The zero-order valence-electron chi connectivity index (χ0n) is 13.3. The Morgan fingerprint density at radius 2 is 1.71 bits per heavy atom. The molecule has 116 valence electrons. The summed E-state index contributed by atoms with van der Waals surface area (Å²) in [5.74, 6) is 0.668. The molecule has 0 spiro atoms. The maximum absolute atomic E-state index is 11.2. The van der Waals surface area contributed by atoms with E-state index in [4.69, 9.17) is 5.73 Å². The summed E-state index contributed by atoms with van der Waals surface area (Å²) < 4.78 is 0. The average Bonchev–Trinajstić information content (AvgIpc) is 2.46. The van der Waals surface area contributed by atoms with Crippen LogP contribution in [0, 0.1) is 11.8 Å². The van der Waals surface area contributed by atoms with Crippen molar-refractivity contribution in [2.45, 2.75) is 58.5 Å². The summed E-state index contributed by atoms with van der Waals surface area (Å²) >= 11 is 0. The maximum atomic E-state index is 11.2. The van der Waals surface area contributed by atoms with Crippen molar-refractivity contribution in [3.63, 3.8) is 0 Å². The molecular weight excluding hydrogens is 260 g/mol. The minimum atomic E-state index is -0.130. The summed E-state index contributed by atoms with van der Waals surface area (Å²) in [5.41, 5.74) is 8.11. The van der Waals surface area contributed by atoms with Crippen molar-refractivity contribution in [1.29, 1.82) is 0 Å². The van der Waals surface area contributed by atoms with Gasteiger partial charge in [-0.05, 0) is 49.1 Å². The summed E-state index contributed by atoms with van der Waals surface area (Å²) in [5, 5.41) is 3.61. The van der Waals surface area contributed by atoms with E-state index in [-0.39, 0.29) is 11.8 Å². The number of benzene rings is 1. The molecular formula is C18H28N2O. The minimum Gasteiger partial charge on any atom is -0.369 e. The van der Waals surface area contributed by atoms with Crippen LogP contribution in [0.25, 0.3) is 0 Å². The van der Waals surface area contributed by atoms with Gasteiger partial charge >= 0.3 is 0 Å². The fourth-order valence-electron chi connectivity index (χ4n) is 3.11. The Morgan fingerprint density at radius 3 is 2.24 bits per heavy atom. The quantitative estimate of drug-likeness (QED) is 0.845.